The third kappa shape index (κ3) is 4.60. The van der Waals surface area contributed by atoms with E-state index in [0.717, 1.165) is 11.1 Å². The molecule has 1 fully saturated rings. The number of amides is 2. The van der Waals surface area contributed by atoms with Gasteiger partial charge >= 0.3 is 0 Å². The topological polar surface area (TPSA) is 67.9 Å². The van der Waals surface area contributed by atoms with Crippen molar-refractivity contribution in [1.29, 1.82) is 0 Å². The van der Waals surface area contributed by atoms with Gasteiger partial charge in [-0.2, -0.15) is 0 Å². The zero-order valence-electron chi connectivity index (χ0n) is 17.6. The van der Waals surface area contributed by atoms with Gasteiger partial charge in [0, 0.05) is 5.02 Å². The highest BCUT2D eigenvalue weighted by atomic mass is 35.5. The van der Waals surface area contributed by atoms with Gasteiger partial charge < -0.3 is 9.47 Å². The standard InChI is InChI=1S/C25H21ClN2O4/c1-16-3-10-20(11-4-16)28-25(30)21(24(29)27-28)13-18-7-12-22(23(14-18)31-2)32-15-17-5-8-19(26)9-6-17/h3-14H,15H2,1-2H3,(H,27,29)/b21-13-. The maximum Gasteiger partial charge on any atom is 0.282 e. The minimum Gasteiger partial charge on any atom is -0.493 e. The summed E-state index contributed by atoms with van der Waals surface area (Å²) in [4.78, 5) is 25.3. The third-order valence-electron chi connectivity index (χ3n) is 4.99. The van der Waals surface area contributed by atoms with Crippen LogP contribution in [0.2, 0.25) is 5.02 Å². The highest BCUT2D eigenvalue weighted by molar-refractivity contribution is 6.31. The molecular formula is C25H21ClN2O4. The first-order chi connectivity index (χ1) is 15.4. The van der Waals surface area contributed by atoms with Crippen molar-refractivity contribution in [2.75, 3.05) is 12.1 Å². The van der Waals surface area contributed by atoms with Crippen LogP contribution in [0.4, 0.5) is 5.69 Å². The quantitative estimate of drug-likeness (QED) is 0.438. The number of carbonyl (C=O) groups is 2. The van der Waals surface area contributed by atoms with Crippen LogP contribution in [0.1, 0.15) is 16.7 Å². The minimum atomic E-state index is -0.461. The fourth-order valence-corrected chi connectivity index (χ4v) is 3.36. The molecule has 0 bridgehead atoms. The normalized spacial score (nSPS) is 14.6. The van der Waals surface area contributed by atoms with Gasteiger partial charge in [0.2, 0.25) is 0 Å². The molecule has 0 unspecified atom stereocenters. The number of ether oxygens (including phenoxy) is 2. The van der Waals surface area contributed by atoms with Gasteiger partial charge in [-0.05, 0) is 60.5 Å². The summed E-state index contributed by atoms with van der Waals surface area (Å²) in [5.74, 6) is 0.168. The summed E-state index contributed by atoms with van der Waals surface area (Å²) in [6.45, 7) is 2.30. The van der Waals surface area contributed by atoms with Crippen LogP contribution in [0.15, 0.2) is 72.3 Å². The largest absolute Gasteiger partial charge is 0.493 e. The maximum atomic E-state index is 12.8. The summed E-state index contributed by atoms with van der Waals surface area (Å²) < 4.78 is 11.3. The molecule has 3 aromatic rings. The van der Waals surface area contributed by atoms with Crippen LogP contribution in [0.25, 0.3) is 6.08 Å². The first-order valence-electron chi connectivity index (χ1n) is 9.93. The smallest absolute Gasteiger partial charge is 0.282 e. The fraction of sp³-hybridized carbons (Fsp3) is 0.120. The van der Waals surface area contributed by atoms with Crippen molar-refractivity contribution >= 4 is 35.2 Å². The summed E-state index contributed by atoms with van der Waals surface area (Å²) in [6.07, 6.45) is 1.54. The van der Waals surface area contributed by atoms with Crippen molar-refractivity contribution in [2.24, 2.45) is 0 Å². The minimum absolute atomic E-state index is 0.0439. The number of rotatable bonds is 6. The van der Waals surface area contributed by atoms with Crippen molar-refractivity contribution in [3.63, 3.8) is 0 Å². The molecule has 1 N–H and O–H groups in total. The Bertz CT molecular complexity index is 1190. The zero-order valence-corrected chi connectivity index (χ0v) is 18.3. The van der Waals surface area contributed by atoms with Crippen molar-refractivity contribution in [3.8, 4) is 11.5 Å². The van der Waals surface area contributed by atoms with Gasteiger partial charge in [-0.1, -0.05) is 47.5 Å². The van der Waals surface area contributed by atoms with Crippen LogP contribution in [0.3, 0.4) is 0 Å². The number of hydrazine groups is 1. The molecule has 0 aromatic heterocycles. The van der Waals surface area contributed by atoms with Crippen LogP contribution >= 0.6 is 11.6 Å². The van der Waals surface area contributed by atoms with E-state index in [4.69, 9.17) is 21.1 Å². The van der Waals surface area contributed by atoms with Gasteiger partial charge in [0.25, 0.3) is 11.8 Å². The highest BCUT2D eigenvalue weighted by Gasteiger charge is 2.34. The molecule has 32 heavy (non-hydrogen) atoms. The third-order valence-corrected chi connectivity index (χ3v) is 5.24. The number of nitrogens with zero attached hydrogens (tertiary/aromatic N) is 1. The Morgan fingerprint density at radius 3 is 2.38 bits per heavy atom. The number of halogens is 1. The molecule has 1 heterocycles. The fourth-order valence-electron chi connectivity index (χ4n) is 3.23. The van der Waals surface area contributed by atoms with Crippen LogP contribution < -0.4 is 19.9 Å². The SMILES string of the molecule is COc1cc(/C=C2/C(=O)NN(c3ccc(C)cc3)C2=O)ccc1OCc1ccc(Cl)cc1. The second-order valence-corrected chi connectivity index (χ2v) is 7.74. The van der Waals surface area contributed by atoms with Gasteiger partial charge in [0.05, 0.1) is 12.8 Å². The molecule has 0 radical (unpaired) electrons. The summed E-state index contributed by atoms with van der Waals surface area (Å²) in [7, 11) is 1.54. The molecule has 0 saturated carbocycles. The summed E-state index contributed by atoms with van der Waals surface area (Å²) in [5, 5.41) is 1.91. The van der Waals surface area contributed by atoms with Crippen LogP contribution in [-0.4, -0.2) is 18.9 Å². The van der Waals surface area contributed by atoms with Crippen LogP contribution in [-0.2, 0) is 16.2 Å². The van der Waals surface area contributed by atoms with Gasteiger partial charge in [-0.3, -0.25) is 15.0 Å². The lowest BCUT2D eigenvalue weighted by molar-refractivity contribution is -0.117. The van der Waals surface area contributed by atoms with E-state index in [2.05, 4.69) is 5.43 Å². The molecule has 162 valence electrons. The summed E-state index contributed by atoms with van der Waals surface area (Å²) in [5.41, 5.74) is 5.92. The molecular weight excluding hydrogens is 428 g/mol. The second kappa shape index (κ2) is 9.16. The average molecular weight is 449 g/mol. The van der Waals surface area contributed by atoms with E-state index in [1.807, 2.05) is 31.2 Å². The Morgan fingerprint density at radius 1 is 0.969 bits per heavy atom. The molecule has 1 aliphatic heterocycles. The van der Waals surface area contributed by atoms with E-state index >= 15 is 0 Å². The molecule has 1 aliphatic rings. The number of hydrogen-bond acceptors (Lipinski definition) is 4. The van der Waals surface area contributed by atoms with E-state index in [-0.39, 0.29) is 5.57 Å². The molecule has 4 rings (SSSR count). The monoisotopic (exact) mass is 448 g/mol. The van der Waals surface area contributed by atoms with Crippen molar-refractivity contribution < 1.29 is 19.1 Å². The van der Waals surface area contributed by atoms with Gasteiger partial charge in [0.1, 0.15) is 12.2 Å². The molecule has 6 nitrogen and oxygen atoms in total. The molecule has 3 aromatic carbocycles. The van der Waals surface area contributed by atoms with Crippen LogP contribution in [0, 0.1) is 6.92 Å². The molecule has 7 heteroatoms. The van der Waals surface area contributed by atoms with E-state index in [9.17, 15) is 9.59 Å². The molecule has 0 atom stereocenters. The first kappa shape index (κ1) is 21.5. The van der Waals surface area contributed by atoms with Crippen molar-refractivity contribution in [2.45, 2.75) is 13.5 Å². The van der Waals surface area contributed by atoms with Gasteiger partial charge in [-0.15, -0.1) is 0 Å². The van der Waals surface area contributed by atoms with Crippen molar-refractivity contribution in [1.82, 2.24) is 5.43 Å². The first-order valence-corrected chi connectivity index (χ1v) is 10.3. The number of hydrogen-bond donors (Lipinski definition) is 1. The number of anilines is 1. The Morgan fingerprint density at radius 2 is 1.69 bits per heavy atom. The maximum absolute atomic E-state index is 12.8. The van der Waals surface area contributed by atoms with Gasteiger partial charge in [-0.25, -0.2) is 5.01 Å². The zero-order chi connectivity index (χ0) is 22.7. The lowest BCUT2D eigenvalue weighted by atomic mass is 10.1. The molecule has 1 saturated heterocycles. The van der Waals surface area contributed by atoms with Crippen molar-refractivity contribution in [3.05, 3.63) is 94.0 Å². The van der Waals surface area contributed by atoms with E-state index in [1.54, 1.807) is 42.5 Å². The second-order valence-electron chi connectivity index (χ2n) is 7.30. The van der Waals surface area contributed by atoms with E-state index < -0.39 is 11.8 Å². The average Bonchev–Trinajstić information content (AvgIpc) is 3.08. The number of aryl methyl sites for hydroxylation is 1. The lowest BCUT2D eigenvalue weighted by Gasteiger charge is -2.14. The summed E-state index contributed by atoms with van der Waals surface area (Å²) >= 11 is 5.91. The predicted octanol–water partition coefficient (Wildman–Crippen LogP) is 4.70. The van der Waals surface area contributed by atoms with Crippen LogP contribution in [0.5, 0.6) is 11.5 Å². The molecule has 0 aliphatic carbocycles. The highest BCUT2D eigenvalue weighted by Crippen LogP contribution is 2.30. The Hall–Kier alpha value is -3.77. The number of benzene rings is 3. The Labute approximate surface area is 191 Å². The number of methoxy groups -OCH3 is 1. The molecule has 0 spiro atoms. The molecule has 2 amide bonds. The van der Waals surface area contributed by atoms with E-state index in [1.165, 1.54) is 18.2 Å². The Kier molecular flexibility index (Phi) is 6.14. The van der Waals surface area contributed by atoms with E-state index in [0.29, 0.717) is 34.4 Å². The van der Waals surface area contributed by atoms with Gasteiger partial charge in [0.15, 0.2) is 11.5 Å². The number of carbonyl (C=O) groups excluding carboxylic acids is 2. The number of nitrogens with one attached hydrogen (secondary N) is 1. The predicted molar refractivity (Wildman–Crippen MR) is 124 cm³/mol. The Balaban J connectivity index is 1.53. The lowest BCUT2D eigenvalue weighted by Crippen LogP contribution is -2.35. The summed E-state index contributed by atoms with van der Waals surface area (Å²) in [6, 6.07) is 19.9.